The van der Waals surface area contributed by atoms with Crippen LogP contribution in [-0.2, 0) is 28.4 Å². The van der Waals surface area contributed by atoms with Crippen LogP contribution < -0.4 is 0 Å². The molecule has 0 aliphatic carbocycles. The molecule has 3 heterocycles. The summed E-state index contributed by atoms with van der Waals surface area (Å²) in [5, 5.41) is 100. The highest BCUT2D eigenvalue weighted by atomic mass is 16.7. The van der Waals surface area contributed by atoms with Crippen molar-refractivity contribution in [2.24, 2.45) is 0 Å². The minimum absolute atomic E-state index is 0.381. The van der Waals surface area contributed by atoms with Gasteiger partial charge in [-0.2, -0.15) is 0 Å². The molecule has 10 N–H and O–H groups in total. The molecule has 16 nitrogen and oxygen atoms in total. The van der Waals surface area contributed by atoms with E-state index in [2.05, 4.69) is 0 Å². The van der Waals surface area contributed by atoms with Crippen molar-refractivity contribution in [1.82, 2.24) is 0 Å². The topological polar surface area (TPSA) is 258 Å². The Kier molecular flexibility index (Phi) is 11.0. The predicted octanol–water partition coefficient (Wildman–Crippen LogP) is -6.14. The zero-order valence-corrected chi connectivity index (χ0v) is 20.3. The van der Waals surface area contributed by atoms with Crippen LogP contribution in [0.1, 0.15) is 13.8 Å². The van der Waals surface area contributed by atoms with Gasteiger partial charge >= 0.3 is 0 Å². The summed E-state index contributed by atoms with van der Waals surface area (Å²) in [5.74, 6) is 0. The Morgan fingerprint density at radius 2 is 0.865 bits per heavy atom. The van der Waals surface area contributed by atoms with Crippen molar-refractivity contribution < 1.29 is 79.5 Å². The first-order valence-corrected chi connectivity index (χ1v) is 12.0. The largest absolute Gasteiger partial charge is 0.394 e. The first-order chi connectivity index (χ1) is 17.4. The molecule has 3 saturated heterocycles. The predicted molar refractivity (Wildman–Crippen MR) is 115 cm³/mol. The second-order valence-electron chi connectivity index (χ2n) is 9.58. The summed E-state index contributed by atoms with van der Waals surface area (Å²) in [6.45, 7) is 1.62. The number of hydrogen-bond donors (Lipinski definition) is 10. The van der Waals surface area contributed by atoms with Gasteiger partial charge in [-0.15, -0.1) is 0 Å². The van der Waals surface area contributed by atoms with Crippen LogP contribution in [0.15, 0.2) is 0 Å². The molecule has 16 heteroatoms. The third-order valence-corrected chi connectivity index (χ3v) is 6.44. The van der Waals surface area contributed by atoms with Gasteiger partial charge in [0.25, 0.3) is 0 Å². The lowest BCUT2D eigenvalue weighted by Gasteiger charge is -2.44. The van der Waals surface area contributed by atoms with Crippen LogP contribution in [0.3, 0.4) is 0 Å². The van der Waals surface area contributed by atoms with Gasteiger partial charge in [0.05, 0.1) is 25.9 Å². The van der Waals surface area contributed by atoms with Crippen molar-refractivity contribution in [2.45, 2.75) is 112 Å². The van der Waals surface area contributed by atoms with E-state index < -0.39 is 112 Å². The Balaban J connectivity index is 1.60. The third-order valence-electron chi connectivity index (χ3n) is 6.44. The Labute approximate surface area is 212 Å². The molecular weight excluding hydrogens is 508 g/mol. The summed E-state index contributed by atoms with van der Waals surface area (Å²) in [7, 11) is 0. The first kappa shape index (κ1) is 30.9. The van der Waals surface area contributed by atoms with Crippen molar-refractivity contribution >= 4 is 0 Å². The maximum absolute atomic E-state index is 10.3. The Morgan fingerprint density at radius 3 is 1.27 bits per heavy atom. The zero-order valence-electron chi connectivity index (χ0n) is 20.3. The average molecular weight is 547 g/mol. The Hall–Kier alpha value is -0.640. The van der Waals surface area contributed by atoms with Gasteiger partial charge in [-0.3, -0.25) is 0 Å². The summed E-state index contributed by atoms with van der Waals surface area (Å²) in [6.07, 6.45) is -23.6. The van der Waals surface area contributed by atoms with E-state index in [9.17, 15) is 51.1 Å². The number of rotatable bonds is 9. The van der Waals surface area contributed by atoms with E-state index in [-0.39, 0.29) is 6.10 Å². The van der Waals surface area contributed by atoms with Crippen LogP contribution in [0.5, 0.6) is 0 Å². The summed E-state index contributed by atoms with van der Waals surface area (Å²) < 4.78 is 32.4. The van der Waals surface area contributed by atoms with Gasteiger partial charge in [0.1, 0.15) is 73.2 Å². The van der Waals surface area contributed by atoms with Gasteiger partial charge in [0, 0.05) is 0 Å². The Bertz CT molecular complexity index is 697. The molecule has 3 aliphatic heterocycles. The maximum atomic E-state index is 10.3. The molecule has 0 amide bonds. The zero-order chi connectivity index (χ0) is 27.6. The van der Waals surface area contributed by atoms with E-state index in [1.807, 2.05) is 0 Å². The molecule has 0 aromatic heterocycles. The van der Waals surface area contributed by atoms with Crippen LogP contribution in [0.25, 0.3) is 0 Å². The molecule has 3 rings (SSSR count). The number of hydrogen-bond acceptors (Lipinski definition) is 16. The second kappa shape index (κ2) is 13.1. The van der Waals surface area contributed by atoms with Crippen molar-refractivity contribution in [3.05, 3.63) is 0 Å². The normalized spacial score (nSPS) is 49.4. The van der Waals surface area contributed by atoms with Gasteiger partial charge < -0.3 is 79.5 Å². The number of ether oxygens (including phenoxy) is 6. The molecule has 218 valence electrons. The summed E-state index contributed by atoms with van der Waals surface area (Å²) in [4.78, 5) is 0. The van der Waals surface area contributed by atoms with Crippen molar-refractivity contribution in [3.63, 3.8) is 0 Å². The van der Waals surface area contributed by atoms with E-state index in [0.717, 1.165) is 0 Å². The average Bonchev–Trinajstić information content (AvgIpc) is 2.86. The molecule has 0 saturated carbocycles. The lowest BCUT2D eigenvalue weighted by molar-refractivity contribution is -0.344. The molecule has 3 fully saturated rings. The molecule has 37 heavy (non-hydrogen) atoms. The van der Waals surface area contributed by atoms with E-state index in [0.29, 0.717) is 0 Å². The fraction of sp³-hybridized carbons (Fsp3) is 1.00. The minimum Gasteiger partial charge on any atom is -0.394 e. The van der Waals surface area contributed by atoms with Crippen molar-refractivity contribution in [2.75, 3.05) is 19.8 Å². The van der Waals surface area contributed by atoms with Crippen LogP contribution in [0, 0.1) is 0 Å². The van der Waals surface area contributed by atoms with Gasteiger partial charge in [-0.25, -0.2) is 0 Å². The Morgan fingerprint density at radius 1 is 0.514 bits per heavy atom. The monoisotopic (exact) mass is 546 g/mol. The van der Waals surface area contributed by atoms with E-state index in [4.69, 9.17) is 28.4 Å². The molecule has 0 aromatic carbocycles. The summed E-state index contributed by atoms with van der Waals surface area (Å²) >= 11 is 0. The first-order valence-electron chi connectivity index (χ1n) is 12.0. The van der Waals surface area contributed by atoms with Crippen LogP contribution in [0.2, 0.25) is 0 Å². The molecule has 0 bridgehead atoms. The lowest BCUT2D eigenvalue weighted by Crippen LogP contribution is -2.62. The van der Waals surface area contributed by atoms with Gasteiger partial charge in [-0.05, 0) is 13.8 Å². The van der Waals surface area contributed by atoms with Gasteiger partial charge in [0.2, 0.25) is 0 Å². The molecule has 0 aromatic rings. The number of aliphatic hydroxyl groups excluding tert-OH is 10. The van der Waals surface area contributed by atoms with Gasteiger partial charge in [-0.1, -0.05) is 0 Å². The highest BCUT2D eigenvalue weighted by Crippen LogP contribution is 2.28. The summed E-state index contributed by atoms with van der Waals surface area (Å²) in [5.41, 5.74) is 0. The van der Waals surface area contributed by atoms with E-state index in [1.54, 1.807) is 13.8 Å². The summed E-state index contributed by atoms with van der Waals surface area (Å²) in [6, 6.07) is 0. The van der Waals surface area contributed by atoms with Crippen molar-refractivity contribution in [1.29, 1.82) is 0 Å². The molecule has 0 spiro atoms. The molecule has 0 unspecified atom stereocenters. The highest BCUT2D eigenvalue weighted by Gasteiger charge is 2.49. The molecule has 15 atom stereocenters. The second-order valence-corrected chi connectivity index (χ2v) is 9.58. The fourth-order valence-corrected chi connectivity index (χ4v) is 4.21. The fourth-order valence-electron chi connectivity index (χ4n) is 4.21. The third kappa shape index (κ3) is 6.93. The smallest absolute Gasteiger partial charge is 0.186 e. The van der Waals surface area contributed by atoms with Gasteiger partial charge in [0.15, 0.2) is 18.9 Å². The maximum Gasteiger partial charge on any atom is 0.186 e. The molecular formula is C21H38O16. The quantitative estimate of drug-likeness (QED) is 0.129. The van der Waals surface area contributed by atoms with E-state index >= 15 is 0 Å². The van der Waals surface area contributed by atoms with Crippen LogP contribution >= 0.6 is 0 Å². The molecule has 3 aliphatic rings. The minimum atomic E-state index is -1.77. The SMILES string of the molecule is CC(C)O[C@H]1O[C@H](CO[C@H]2O[C@H](CO[C@H]3O[C@H](CO)[C@@H](O)[C@H](O)[C@H]3O)[C@@H](O)[C@H](O)[C@H]2O)[C@@H](O)[C@H](O)[C@H]1O. The van der Waals surface area contributed by atoms with Crippen molar-refractivity contribution in [3.8, 4) is 0 Å². The van der Waals surface area contributed by atoms with Crippen LogP contribution in [-0.4, -0.2) is 169 Å². The van der Waals surface area contributed by atoms with E-state index in [1.165, 1.54) is 0 Å². The lowest BCUT2D eigenvalue weighted by atomic mass is 9.98. The van der Waals surface area contributed by atoms with Crippen LogP contribution in [0.4, 0.5) is 0 Å². The highest BCUT2D eigenvalue weighted by molar-refractivity contribution is 4.93. The number of aliphatic hydroxyl groups is 10. The molecule has 0 radical (unpaired) electrons. The standard InChI is InChI=1S/C21H38O16/c1-6(2)34-21-18(31)15(28)12(25)9(37-21)5-33-20-17(30)14(27)11(24)8(36-20)4-32-19-16(29)13(26)10(23)7(3-22)35-19/h6-31H,3-5H2,1-2H3/t7-,8-,9-,10-,11-,12-,13+,14+,15+,16-,17-,18-,19+,20+,21+/m1/s1.